The number of nitrogens with zero attached hydrogens (tertiary/aromatic N) is 2. The smallest absolute Gasteiger partial charge is 0.0602 e. The van der Waals surface area contributed by atoms with E-state index in [-0.39, 0.29) is 6.04 Å². The van der Waals surface area contributed by atoms with Crippen LogP contribution < -0.4 is 5.73 Å². The van der Waals surface area contributed by atoms with Crippen LogP contribution in [0.1, 0.15) is 11.6 Å². The Morgan fingerprint density at radius 1 is 1.33 bits per heavy atom. The number of halogens is 1. The van der Waals surface area contributed by atoms with Crippen LogP contribution in [0.3, 0.4) is 0 Å². The third-order valence-corrected chi connectivity index (χ3v) is 2.49. The molecule has 0 saturated carbocycles. The van der Waals surface area contributed by atoms with Gasteiger partial charge < -0.3 is 5.73 Å². The van der Waals surface area contributed by atoms with E-state index in [1.165, 1.54) is 0 Å². The molecule has 2 aromatic rings. The summed E-state index contributed by atoms with van der Waals surface area (Å²) in [6, 6.07) is 9.41. The standard InChI is InChI=1S/C11H12ClN3/c12-10-4-2-9(3-5-10)11(13)8-15-7-1-6-14-15/h1-7,11H,8,13H2/t11-/m0/s1. The van der Waals surface area contributed by atoms with Gasteiger partial charge in [0.05, 0.1) is 6.54 Å². The molecule has 0 unspecified atom stereocenters. The Bertz CT molecular complexity index is 408. The van der Waals surface area contributed by atoms with Gasteiger partial charge in [-0.15, -0.1) is 0 Å². The molecule has 1 aromatic heterocycles. The van der Waals surface area contributed by atoms with Gasteiger partial charge in [0.15, 0.2) is 0 Å². The Labute approximate surface area is 93.5 Å². The van der Waals surface area contributed by atoms with E-state index in [1.54, 1.807) is 6.20 Å². The molecule has 1 aromatic carbocycles. The van der Waals surface area contributed by atoms with Crippen molar-refractivity contribution in [3.8, 4) is 0 Å². The third kappa shape index (κ3) is 2.58. The topological polar surface area (TPSA) is 43.8 Å². The van der Waals surface area contributed by atoms with Gasteiger partial charge in [0.25, 0.3) is 0 Å². The fourth-order valence-corrected chi connectivity index (χ4v) is 1.55. The van der Waals surface area contributed by atoms with E-state index in [1.807, 2.05) is 41.2 Å². The van der Waals surface area contributed by atoms with Gasteiger partial charge in [0.2, 0.25) is 0 Å². The molecule has 0 aliphatic rings. The van der Waals surface area contributed by atoms with Crippen LogP contribution in [-0.2, 0) is 6.54 Å². The molecule has 0 amide bonds. The van der Waals surface area contributed by atoms with E-state index in [0.717, 1.165) is 10.6 Å². The van der Waals surface area contributed by atoms with E-state index < -0.39 is 0 Å². The van der Waals surface area contributed by atoms with Crippen molar-refractivity contribution in [2.45, 2.75) is 12.6 Å². The number of aromatic nitrogens is 2. The Morgan fingerprint density at radius 2 is 2.07 bits per heavy atom. The second kappa shape index (κ2) is 4.47. The molecule has 1 atom stereocenters. The van der Waals surface area contributed by atoms with Crippen molar-refractivity contribution in [1.82, 2.24) is 9.78 Å². The third-order valence-electron chi connectivity index (χ3n) is 2.24. The van der Waals surface area contributed by atoms with E-state index in [0.29, 0.717) is 6.54 Å². The first-order chi connectivity index (χ1) is 7.25. The van der Waals surface area contributed by atoms with Gasteiger partial charge in [-0.1, -0.05) is 23.7 Å². The van der Waals surface area contributed by atoms with Crippen molar-refractivity contribution < 1.29 is 0 Å². The largest absolute Gasteiger partial charge is 0.322 e. The molecule has 4 heteroatoms. The molecule has 0 fully saturated rings. The quantitative estimate of drug-likeness (QED) is 0.864. The van der Waals surface area contributed by atoms with Crippen LogP contribution in [0.15, 0.2) is 42.7 Å². The minimum absolute atomic E-state index is 0.0535. The predicted molar refractivity (Wildman–Crippen MR) is 60.6 cm³/mol. The van der Waals surface area contributed by atoms with E-state index >= 15 is 0 Å². The second-order valence-electron chi connectivity index (χ2n) is 3.39. The van der Waals surface area contributed by atoms with Crippen molar-refractivity contribution >= 4 is 11.6 Å². The fraction of sp³-hybridized carbons (Fsp3) is 0.182. The molecule has 2 N–H and O–H groups in total. The maximum Gasteiger partial charge on any atom is 0.0602 e. The van der Waals surface area contributed by atoms with Crippen molar-refractivity contribution in [2.75, 3.05) is 0 Å². The molecule has 0 radical (unpaired) electrons. The molecular formula is C11H12ClN3. The van der Waals surface area contributed by atoms with Crippen molar-refractivity contribution in [3.05, 3.63) is 53.3 Å². The van der Waals surface area contributed by atoms with Gasteiger partial charge in [0.1, 0.15) is 0 Å². The minimum atomic E-state index is -0.0535. The molecule has 3 nitrogen and oxygen atoms in total. The summed E-state index contributed by atoms with van der Waals surface area (Å²) in [5, 5.41) is 4.84. The van der Waals surface area contributed by atoms with Gasteiger partial charge in [-0.05, 0) is 23.8 Å². The van der Waals surface area contributed by atoms with Crippen LogP contribution >= 0.6 is 11.6 Å². The van der Waals surface area contributed by atoms with Gasteiger partial charge >= 0.3 is 0 Å². The monoisotopic (exact) mass is 221 g/mol. The molecule has 0 aliphatic heterocycles. The zero-order valence-corrected chi connectivity index (χ0v) is 8.93. The summed E-state index contributed by atoms with van der Waals surface area (Å²) < 4.78 is 1.82. The lowest BCUT2D eigenvalue weighted by Crippen LogP contribution is -2.17. The average molecular weight is 222 g/mol. The fourth-order valence-electron chi connectivity index (χ4n) is 1.43. The molecule has 2 rings (SSSR count). The highest BCUT2D eigenvalue weighted by Crippen LogP contribution is 2.15. The van der Waals surface area contributed by atoms with E-state index in [2.05, 4.69) is 5.10 Å². The van der Waals surface area contributed by atoms with Crippen LogP contribution in [-0.4, -0.2) is 9.78 Å². The van der Waals surface area contributed by atoms with Crippen LogP contribution in [0, 0.1) is 0 Å². The van der Waals surface area contributed by atoms with Crippen molar-refractivity contribution in [2.24, 2.45) is 5.73 Å². The molecular weight excluding hydrogens is 210 g/mol. The molecule has 15 heavy (non-hydrogen) atoms. The Kier molecular flexibility index (Phi) is 3.04. The van der Waals surface area contributed by atoms with Crippen molar-refractivity contribution in [3.63, 3.8) is 0 Å². The molecule has 1 heterocycles. The number of rotatable bonds is 3. The lowest BCUT2D eigenvalue weighted by atomic mass is 10.1. The van der Waals surface area contributed by atoms with Gasteiger partial charge in [0, 0.05) is 23.5 Å². The Morgan fingerprint density at radius 3 is 2.67 bits per heavy atom. The van der Waals surface area contributed by atoms with Gasteiger partial charge in [-0.3, -0.25) is 4.68 Å². The highest BCUT2D eigenvalue weighted by molar-refractivity contribution is 6.30. The van der Waals surface area contributed by atoms with Crippen LogP contribution in [0.4, 0.5) is 0 Å². The van der Waals surface area contributed by atoms with E-state index in [4.69, 9.17) is 17.3 Å². The molecule has 0 spiro atoms. The molecule has 0 saturated heterocycles. The predicted octanol–water partition coefficient (Wildman–Crippen LogP) is 2.24. The first-order valence-corrected chi connectivity index (χ1v) is 5.12. The highest BCUT2D eigenvalue weighted by Gasteiger charge is 2.06. The van der Waals surface area contributed by atoms with Crippen LogP contribution in [0.25, 0.3) is 0 Å². The normalized spacial score (nSPS) is 12.7. The minimum Gasteiger partial charge on any atom is -0.322 e. The zero-order chi connectivity index (χ0) is 10.7. The number of hydrogen-bond donors (Lipinski definition) is 1. The summed E-state index contributed by atoms with van der Waals surface area (Å²) in [7, 11) is 0. The summed E-state index contributed by atoms with van der Waals surface area (Å²) in [5.74, 6) is 0. The van der Waals surface area contributed by atoms with Gasteiger partial charge in [-0.2, -0.15) is 5.10 Å². The zero-order valence-electron chi connectivity index (χ0n) is 8.18. The number of benzene rings is 1. The van der Waals surface area contributed by atoms with Gasteiger partial charge in [-0.25, -0.2) is 0 Å². The summed E-state index contributed by atoms with van der Waals surface area (Å²) >= 11 is 5.80. The lowest BCUT2D eigenvalue weighted by molar-refractivity contribution is 0.528. The van der Waals surface area contributed by atoms with Crippen molar-refractivity contribution in [1.29, 1.82) is 0 Å². The maximum absolute atomic E-state index is 6.03. The van der Waals surface area contributed by atoms with Crippen LogP contribution in [0.5, 0.6) is 0 Å². The molecule has 78 valence electrons. The maximum atomic E-state index is 6.03. The summed E-state index contributed by atoms with van der Waals surface area (Å²) in [5.41, 5.74) is 7.10. The Hall–Kier alpha value is -1.32. The second-order valence-corrected chi connectivity index (χ2v) is 3.82. The number of hydrogen-bond acceptors (Lipinski definition) is 2. The lowest BCUT2D eigenvalue weighted by Gasteiger charge is -2.11. The average Bonchev–Trinajstić information content (AvgIpc) is 2.71. The number of nitrogens with two attached hydrogens (primary N) is 1. The summed E-state index contributed by atoms with van der Waals surface area (Å²) in [4.78, 5) is 0. The first kappa shape index (κ1) is 10.2. The highest BCUT2D eigenvalue weighted by atomic mass is 35.5. The van der Waals surface area contributed by atoms with Crippen LogP contribution in [0.2, 0.25) is 5.02 Å². The Balaban J connectivity index is 2.08. The summed E-state index contributed by atoms with van der Waals surface area (Å²) in [6.45, 7) is 0.675. The molecule has 0 bridgehead atoms. The molecule has 0 aliphatic carbocycles. The summed E-state index contributed by atoms with van der Waals surface area (Å²) in [6.07, 6.45) is 3.64. The van der Waals surface area contributed by atoms with E-state index in [9.17, 15) is 0 Å². The first-order valence-electron chi connectivity index (χ1n) is 4.74. The SMILES string of the molecule is N[C@@H](Cn1cccn1)c1ccc(Cl)cc1.